The van der Waals surface area contributed by atoms with Gasteiger partial charge in [0.2, 0.25) is 5.95 Å². The predicted molar refractivity (Wildman–Crippen MR) is 114 cm³/mol. The number of anilines is 1. The molecule has 1 amide bonds. The molecule has 0 saturated carbocycles. The number of carbonyl (C=O) groups excluding carboxylic acids is 1. The van der Waals surface area contributed by atoms with Crippen molar-refractivity contribution < 1.29 is 4.79 Å². The number of nitrogens with one attached hydrogen (secondary N) is 1. The number of carbonyl (C=O) groups is 1. The third-order valence-corrected chi connectivity index (χ3v) is 6.53. The minimum absolute atomic E-state index is 0.0178. The lowest BCUT2D eigenvalue weighted by Crippen LogP contribution is -2.35. The minimum Gasteiger partial charge on any atom is -0.341 e. The van der Waals surface area contributed by atoms with Crippen LogP contribution in [-0.2, 0) is 0 Å². The standard InChI is InChI=1S/C20H19N5OS2/c26-19(17-13-28-18(21-17)14-6-11-27-12-14)24-7-3-8-25(10-9-24)20-22-15-4-1-2-5-16(15)23-20/h1-2,4-6,11-13H,3,7-10H2,(H,22,23). The number of rotatable bonds is 3. The number of fused-ring (bicyclic) bond motifs is 1. The van der Waals surface area contributed by atoms with Crippen molar-refractivity contribution in [1.29, 1.82) is 0 Å². The van der Waals surface area contributed by atoms with Gasteiger partial charge in [-0.25, -0.2) is 9.97 Å². The summed E-state index contributed by atoms with van der Waals surface area (Å²) < 4.78 is 0. The first-order valence-electron chi connectivity index (χ1n) is 9.25. The van der Waals surface area contributed by atoms with Crippen LogP contribution in [-0.4, -0.2) is 51.9 Å². The van der Waals surface area contributed by atoms with Gasteiger partial charge in [-0.15, -0.1) is 11.3 Å². The van der Waals surface area contributed by atoms with E-state index in [1.54, 1.807) is 11.3 Å². The van der Waals surface area contributed by atoms with Crippen LogP contribution in [0.5, 0.6) is 0 Å². The molecule has 0 atom stereocenters. The van der Waals surface area contributed by atoms with Crippen molar-refractivity contribution in [2.24, 2.45) is 0 Å². The van der Waals surface area contributed by atoms with E-state index in [0.717, 1.165) is 53.6 Å². The first kappa shape index (κ1) is 17.4. The van der Waals surface area contributed by atoms with Crippen LogP contribution in [0.25, 0.3) is 21.6 Å². The third-order valence-electron chi connectivity index (χ3n) is 4.95. The van der Waals surface area contributed by atoms with Crippen molar-refractivity contribution in [1.82, 2.24) is 19.9 Å². The third kappa shape index (κ3) is 3.29. The SMILES string of the molecule is O=C(c1csc(-c2ccsc2)n1)N1CCCN(c2nc3ccccc3[nH]2)CC1. The van der Waals surface area contributed by atoms with Crippen molar-refractivity contribution in [3.05, 3.63) is 52.2 Å². The van der Waals surface area contributed by atoms with Gasteiger partial charge in [-0.3, -0.25) is 4.79 Å². The average Bonchev–Trinajstić information content (AvgIpc) is 3.44. The Morgan fingerprint density at radius 2 is 1.96 bits per heavy atom. The number of aromatic nitrogens is 3. The summed E-state index contributed by atoms with van der Waals surface area (Å²) in [5.74, 6) is 0.896. The molecule has 6 nitrogen and oxygen atoms in total. The van der Waals surface area contributed by atoms with Gasteiger partial charge >= 0.3 is 0 Å². The van der Waals surface area contributed by atoms with Crippen LogP contribution in [0, 0.1) is 0 Å². The van der Waals surface area contributed by atoms with Crippen LogP contribution in [0.2, 0.25) is 0 Å². The Hall–Kier alpha value is -2.71. The Morgan fingerprint density at radius 3 is 2.82 bits per heavy atom. The van der Waals surface area contributed by atoms with Crippen molar-refractivity contribution in [3.8, 4) is 10.6 Å². The topological polar surface area (TPSA) is 65.1 Å². The van der Waals surface area contributed by atoms with Gasteiger partial charge in [-0.1, -0.05) is 12.1 Å². The second-order valence-electron chi connectivity index (χ2n) is 6.76. The highest BCUT2D eigenvalue weighted by atomic mass is 32.1. The van der Waals surface area contributed by atoms with E-state index >= 15 is 0 Å². The zero-order valence-corrected chi connectivity index (χ0v) is 16.8. The number of imidazole rings is 1. The van der Waals surface area contributed by atoms with Crippen LogP contribution in [0.15, 0.2) is 46.5 Å². The fourth-order valence-electron chi connectivity index (χ4n) is 3.47. The predicted octanol–water partition coefficient (Wildman–Crippen LogP) is 4.10. The highest BCUT2D eigenvalue weighted by Crippen LogP contribution is 2.26. The first-order valence-corrected chi connectivity index (χ1v) is 11.1. The maximum atomic E-state index is 13.0. The summed E-state index contributed by atoms with van der Waals surface area (Å²) in [4.78, 5) is 29.7. The molecule has 1 fully saturated rings. The fraction of sp³-hybridized carbons (Fsp3) is 0.250. The molecule has 5 rings (SSSR count). The first-order chi connectivity index (χ1) is 13.8. The molecule has 1 aliphatic rings. The quantitative estimate of drug-likeness (QED) is 0.553. The summed E-state index contributed by atoms with van der Waals surface area (Å²) >= 11 is 3.17. The molecule has 142 valence electrons. The Bertz CT molecular complexity index is 1070. The van der Waals surface area contributed by atoms with Gasteiger partial charge in [-0.2, -0.15) is 11.3 Å². The van der Waals surface area contributed by atoms with Crippen LogP contribution < -0.4 is 4.90 Å². The largest absolute Gasteiger partial charge is 0.341 e. The summed E-state index contributed by atoms with van der Waals surface area (Å²) in [5, 5.41) is 6.87. The van der Waals surface area contributed by atoms with Crippen molar-refractivity contribution >= 4 is 45.6 Å². The number of hydrogen-bond acceptors (Lipinski definition) is 6. The number of aromatic amines is 1. The van der Waals surface area contributed by atoms with Gasteiger partial charge in [0.15, 0.2) is 0 Å². The van der Waals surface area contributed by atoms with E-state index in [-0.39, 0.29) is 5.91 Å². The summed E-state index contributed by atoms with van der Waals surface area (Å²) in [6.07, 6.45) is 0.907. The number of amides is 1. The van der Waals surface area contributed by atoms with Crippen molar-refractivity contribution in [2.75, 3.05) is 31.1 Å². The van der Waals surface area contributed by atoms with Gasteiger partial charge in [0, 0.05) is 42.5 Å². The van der Waals surface area contributed by atoms with Crippen LogP contribution in [0.3, 0.4) is 0 Å². The van der Waals surface area contributed by atoms with E-state index in [4.69, 9.17) is 4.98 Å². The molecular formula is C20H19N5OS2. The lowest BCUT2D eigenvalue weighted by atomic mass is 10.3. The molecule has 1 saturated heterocycles. The van der Waals surface area contributed by atoms with Crippen LogP contribution in [0.1, 0.15) is 16.9 Å². The highest BCUT2D eigenvalue weighted by molar-refractivity contribution is 7.14. The van der Waals surface area contributed by atoms with Crippen molar-refractivity contribution in [3.63, 3.8) is 0 Å². The van der Waals surface area contributed by atoms with E-state index in [0.29, 0.717) is 12.2 Å². The maximum Gasteiger partial charge on any atom is 0.273 e. The molecule has 4 aromatic rings. The van der Waals surface area contributed by atoms with Crippen LogP contribution in [0.4, 0.5) is 5.95 Å². The van der Waals surface area contributed by atoms with E-state index in [2.05, 4.69) is 20.2 Å². The summed E-state index contributed by atoms with van der Waals surface area (Å²) in [6, 6.07) is 10.1. The summed E-state index contributed by atoms with van der Waals surface area (Å²) in [5.41, 5.74) is 3.64. The van der Waals surface area contributed by atoms with Gasteiger partial charge in [0.1, 0.15) is 10.7 Å². The lowest BCUT2D eigenvalue weighted by molar-refractivity contribution is 0.0762. The number of para-hydroxylation sites is 2. The van der Waals surface area contributed by atoms with Gasteiger partial charge in [-0.05, 0) is 30.0 Å². The van der Waals surface area contributed by atoms with Gasteiger partial charge in [0.05, 0.1) is 11.0 Å². The zero-order valence-electron chi connectivity index (χ0n) is 15.2. The van der Waals surface area contributed by atoms with E-state index < -0.39 is 0 Å². The summed E-state index contributed by atoms with van der Waals surface area (Å²) in [6.45, 7) is 3.04. The van der Waals surface area contributed by atoms with Gasteiger partial charge in [0.25, 0.3) is 5.91 Å². The highest BCUT2D eigenvalue weighted by Gasteiger charge is 2.23. The Balaban J connectivity index is 1.29. The fourth-order valence-corrected chi connectivity index (χ4v) is 4.98. The number of nitrogens with zero attached hydrogens (tertiary/aromatic N) is 4. The Morgan fingerprint density at radius 1 is 1.04 bits per heavy atom. The number of thiophene rings is 1. The molecule has 1 aromatic carbocycles. The molecule has 0 spiro atoms. The Kier molecular flexibility index (Phi) is 4.58. The summed E-state index contributed by atoms with van der Waals surface area (Å²) in [7, 11) is 0. The molecule has 0 aliphatic carbocycles. The molecule has 4 heterocycles. The molecule has 0 bridgehead atoms. The second-order valence-corrected chi connectivity index (χ2v) is 8.40. The van der Waals surface area contributed by atoms with Gasteiger partial charge < -0.3 is 14.8 Å². The molecule has 1 N–H and O–H groups in total. The monoisotopic (exact) mass is 409 g/mol. The lowest BCUT2D eigenvalue weighted by Gasteiger charge is -2.21. The number of thiazole rings is 1. The number of H-pyrrole nitrogens is 1. The average molecular weight is 410 g/mol. The second kappa shape index (κ2) is 7.37. The molecular weight excluding hydrogens is 390 g/mol. The molecule has 0 unspecified atom stereocenters. The van der Waals surface area contributed by atoms with E-state index in [9.17, 15) is 4.79 Å². The smallest absolute Gasteiger partial charge is 0.273 e. The number of hydrogen-bond donors (Lipinski definition) is 1. The van der Waals surface area contributed by atoms with Crippen LogP contribution >= 0.6 is 22.7 Å². The molecule has 3 aromatic heterocycles. The zero-order chi connectivity index (χ0) is 18.9. The van der Waals surface area contributed by atoms with Crippen molar-refractivity contribution in [2.45, 2.75) is 6.42 Å². The molecule has 8 heteroatoms. The number of benzene rings is 1. The molecule has 1 aliphatic heterocycles. The normalized spacial score (nSPS) is 15.1. The minimum atomic E-state index is 0.0178. The molecule has 28 heavy (non-hydrogen) atoms. The van der Waals surface area contributed by atoms with E-state index in [1.807, 2.05) is 46.0 Å². The molecule has 0 radical (unpaired) electrons. The maximum absolute atomic E-state index is 13.0. The van der Waals surface area contributed by atoms with E-state index in [1.165, 1.54) is 11.3 Å². The Labute approximate surface area is 170 Å².